The lowest BCUT2D eigenvalue weighted by atomic mass is 10.1. The molecule has 2 aromatic carbocycles. The van der Waals surface area contributed by atoms with Crippen LogP contribution in [0.5, 0.6) is 11.5 Å². The highest BCUT2D eigenvalue weighted by Gasteiger charge is 2.17. The van der Waals surface area contributed by atoms with Crippen LogP contribution in [0.15, 0.2) is 36.4 Å². The number of halogens is 1. The van der Waals surface area contributed by atoms with Crippen LogP contribution in [-0.2, 0) is 10.0 Å². The molecule has 0 spiro atoms. The van der Waals surface area contributed by atoms with E-state index in [1.54, 1.807) is 6.07 Å². The van der Waals surface area contributed by atoms with Crippen molar-refractivity contribution in [1.29, 1.82) is 0 Å². The van der Waals surface area contributed by atoms with Crippen LogP contribution in [0.2, 0.25) is 5.02 Å². The number of sulfonamides is 1. The standard InChI is InChI=1S/C20H25ClN2O5S/c1-5-27-18-10-7-14(11-19(18)28-6-2)13(3)22-20(24)16-12-15(8-9-17(16)21)23-29(4,25)26/h7-13,23H,5-6H2,1-4H3,(H,22,24)/t13-/m0/s1. The first-order valence-electron chi connectivity index (χ1n) is 9.12. The first kappa shape index (κ1) is 22.8. The highest BCUT2D eigenvalue weighted by Crippen LogP contribution is 2.31. The molecule has 0 aliphatic rings. The normalized spacial score (nSPS) is 12.2. The van der Waals surface area contributed by atoms with E-state index in [9.17, 15) is 13.2 Å². The molecule has 29 heavy (non-hydrogen) atoms. The van der Waals surface area contributed by atoms with Crippen molar-refractivity contribution in [2.45, 2.75) is 26.8 Å². The summed E-state index contributed by atoms with van der Waals surface area (Å²) in [6, 6.07) is 9.48. The predicted octanol–water partition coefficient (Wildman–Crippen LogP) is 4.00. The Hall–Kier alpha value is -2.45. The number of hydrogen-bond acceptors (Lipinski definition) is 5. The smallest absolute Gasteiger partial charge is 0.253 e. The van der Waals surface area contributed by atoms with E-state index in [-0.39, 0.29) is 22.3 Å². The summed E-state index contributed by atoms with van der Waals surface area (Å²) in [6.45, 7) is 6.61. The highest BCUT2D eigenvalue weighted by atomic mass is 35.5. The van der Waals surface area contributed by atoms with Gasteiger partial charge in [-0.25, -0.2) is 8.42 Å². The third-order valence-corrected chi connectivity index (χ3v) is 4.87. The number of anilines is 1. The zero-order chi connectivity index (χ0) is 21.6. The maximum atomic E-state index is 12.7. The summed E-state index contributed by atoms with van der Waals surface area (Å²) in [5.41, 5.74) is 1.25. The molecule has 0 aliphatic carbocycles. The summed E-state index contributed by atoms with van der Waals surface area (Å²) in [6.07, 6.45) is 1.03. The minimum atomic E-state index is -3.47. The van der Waals surface area contributed by atoms with Crippen LogP contribution in [0.1, 0.15) is 42.7 Å². The summed E-state index contributed by atoms with van der Waals surface area (Å²) in [4.78, 5) is 12.7. The van der Waals surface area contributed by atoms with Gasteiger partial charge < -0.3 is 14.8 Å². The number of hydrogen-bond donors (Lipinski definition) is 2. The average molecular weight is 441 g/mol. The lowest BCUT2D eigenvalue weighted by Gasteiger charge is -2.18. The molecule has 0 saturated carbocycles. The third kappa shape index (κ3) is 6.54. The molecule has 158 valence electrons. The Morgan fingerprint density at radius 2 is 1.72 bits per heavy atom. The Balaban J connectivity index is 2.22. The van der Waals surface area contributed by atoms with Crippen LogP contribution in [0.25, 0.3) is 0 Å². The maximum Gasteiger partial charge on any atom is 0.253 e. The molecule has 1 amide bonds. The van der Waals surface area contributed by atoms with E-state index in [0.29, 0.717) is 24.7 Å². The van der Waals surface area contributed by atoms with Gasteiger partial charge in [0.05, 0.1) is 36.1 Å². The molecule has 0 radical (unpaired) electrons. The van der Waals surface area contributed by atoms with Crippen LogP contribution in [-0.4, -0.2) is 33.8 Å². The Kier molecular flexibility index (Phi) is 7.75. The first-order chi connectivity index (χ1) is 13.6. The molecule has 0 heterocycles. The van der Waals surface area contributed by atoms with Gasteiger partial charge in [-0.2, -0.15) is 0 Å². The van der Waals surface area contributed by atoms with Crippen molar-refractivity contribution in [2.24, 2.45) is 0 Å². The van der Waals surface area contributed by atoms with E-state index in [1.165, 1.54) is 18.2 Å². The molecule has 1 atom stereocenters. The second-order valence-corrected chi connectivity index (χ2v) is 8.49. The number of benzene rings is 2. The topological polar surface area (TPSA) is 93.7 Å². The molecule has 0 bridgehead atoms. The molecule has 2 aromatic rings. The zero-order valence-corrected chi connectivity index (χ0v) is 18.4. The summed E-state index contributed by atoms with van der Waals surface area (Å²) in [5.74, 6) is 0.816. The third-order valence-electron chi connectivity index (χ3n) is 3.93. The zero-order valence-electron chi connectivity index (χ0n) is 16.8. The van der Waals surface area contributed by atoms with Crippen molar-refractivity contribution >= 4 is 33.2 Å². The van der Waals surface area contributed by atoms with Crippen LogP contribution in [0.4, 0.5) is 5.69 Å². The van der Waals surface area contributed by atoms with Gasteiger partial charge in [0.25, 0.3) is 5.91 Å². The molecule has 9 heteroatoms. The molecular weight excluding hydrogens is 416 g/mol. The van der Waals surface area contributed by atoms with E-state index >= 15 is 0 Å². The van der Waals surface area contributed by atoms with Gasteiger partial charge in [-0.05, 0) is 56.7 Å². The molecule has 2 N–H and O–H groups in total. The highest BCUT2D eigenvalue weighted by molar-refractivity contribution is 7.92. The minimum Gasteiger partial charge on any atom is -0.490 e. The average Bonchev–Trinajstić information content (AvgIpc) is 2.63. The number of carbonyl (C=O) groups excluding carboxylic acids is 1. The van der Waals surface area contributed by atoms with Gasteiger partial charge in [-0.15, -0.1) is 0 Å². The Bertz CT molecular complexity index is 979. The van der Waals surface area contributed by atoms with Gasteiger partial charge >= 0.3 is 0 Å². The van der Waals surface area contributed by atoms with Gasteiger partial charge in [0, 0.05) is 5.69 Å². The Labute approximate surface area is 176 Å². The number of carbonyl (C=O) groups is 1. The second-order valence-electron chi connectivity index (χ2n) is 6.34. The van der Waals surface area contributed by atoms with Crippen molar-refractivity contribution in [3.05, 3.63) is 52.5 Å². The largest absolute Gasteiger partial charge is 0.490 e. The van der Waals surface area contributed by atoms with E-state index < -0.39 is 15.9 Å². The number of nitrogens with one attached hydrogen (secondary N) is 2. The summed E-state index contributed by atoms with van der Waals surface area (Å²) in [5, 5.41) is 3.09. The fraction of sp³-hybridized carbons (Fsp3) is 0.350. The molecule has 2 rings (SSSR count). The Morgan fingerprint density at radius 1 is 1.07 bits per heavy atom. The van der Waals surface area contributed by atoms with Crippen molar-refractivity contribution in [2.75, 3.05) is 24.2 Å². The molecule has 0 fully saturated rings. The van der Waals surface area contributed by atoms with Crippen molar-refractivity contribution in [3.8, 4) is 11.5 Å². The van der Waals surface area contributed by atoms with Crippen molar-refractivity contribution < 1.29 is 22.7 Å². The fourth-order valence-corrected chi connectivity index (χ4v) is 3.43. The van der Waals surface area contributed by atoms with E-state index in [0.717, 1.165) is 11.8 Å². The molecular formula is C20H25ClN2O5S. The van der Waals surface area contributed by atoms with Crippen LogP contribution >= 0.6 is 11.6 Å². The van der Waals surface area contributed by atoms with E-state index in [2.05, 4.69) is 10.0 Å². The predicted molar refractivity (Wildman–Crippen MR) is 115 cm³/mol. The SMILES string of the molecule is CCOc1ccc([C@H](C)NC(=O)c2cc(NS(C)(=O)=O)ccc2Cl)cc1OCC. The summed E-state index contributed by atoms with van der Waals surface area (Å²) >= 11 is 6.14. The van der Waals surface area contributed by atoms with Crippen molar-refractivity contribution in [3.63, 3.8) is 0 Å². The first-order valence-corrected chi connectivity index (χ1v) is 11.4. The van der Waals surface area contributed by atoms with Gasteiger partial charge in [0.15, 0.2) is 11.5 Å². The minimum absolute atomic E-state index is 0.170. The van der Waals surface area contributed by atoms with Crippen LogP contribution in [0, 0.1) is 0 Å². The molecule has 7 nitrogen and oxygen atoms in total. The number of amides is 1. The lowest BCUT2D eigenvalue weighted by molar-refractivity contribution is 0.0940. The molecule has 0 aromatic heterocycles. The van der Waals surface area contributed by atoms with Gasteiger partial charge in [0.2, 0.25) is 10.0 Å². The van der Waals surface area contributed by atoms with Crippen LogP contribution in [0.3, 0.4) is 0 Å². The number of rotatable bonds is 9. The van der Waals surface area contributed by atoms with Gasteiger partial charge in [-0.3, -0.25) is 9.52 Å². The summed E-state index contributed by atoms with van der Waals surface area (Å²) in [7, 11) is -3.47. The fourth-order valence-electron chi connectivity index (χ4n) is 2.67. The second kappa shape index (κ2) is 9.84. The molecule has 0 saturated heterocycles. The molecule has 0 unspecified atom stereocenters. The summed E-state index contributed by atoms with van der Waals surface area (Å²) < 4.78 is 36.4. The van der Waals surface area contributed by atoms with Gasteiger partial charge in [-0.1, -0.05) is 17.7 Å². The van der Waals surface area contributed by atoms with E-state index in [1.807, 2.05) is 32.9 Å². The Morgan fingerprint density at radius 3 is 2.34 bits per heavy atom. The lowest BCUT2D eigenvalue weighted by Crippen LogP contribution is -2.27. The monoisotopic (exact) mass is 440 g/mol. The molecule has 0 aliphatic heterocycles. The van der Waals surface area contributed by atoms with Gasteiger partial charge in [0.1, 0.15) is 0 Å². The maximum absolute atomic E-state index is 12.7. The van der Waals surface area contributed by atoms with Crippen LogP contribution < -0.4 is 19.5 Å². The van der Waals surface area contributed by atoms with Crippen molar-refractivity contribution in [1.82, 2.24) is 5.32 Å². The van der Waals surface area contributed by atoms with E-state index in [4.69, 9.17) is 21.1 Å². The quantitative estimate of drug-likeness (QED) is 0.614. The number of ether oxygens (including phenoxy) is 2.